The first-order valence-electron chi connectivity index (χ1n) is 6.79. The monoisotopic (exact) mass is 383 g/mol. The van der Waals surface area contributed by atoms with Gasteiger partial charge in [0.25, 0.3) is 5.91 Å². The summed E-state index contributed by atoms with van der Waals surface area (Å²) >= 11 is 3.33. The van der Waals surface area contributed by atoms with Crippen LogP contribution >= 0.6 is 15.9 Å². The molecule has 0 atom stereocenters. The normalized spacial score (nSPS) is 10.3. The van der Waals surface area contributed by atoms with Gasteiger partial charge in [-0.1, -0.05) is 0 Å². The van der Waals surface area contributed by atoms with Crippen molar-refractivity contribution in [2.45, 2.75) is 13.5 Å². The Morgan fingerprint density at radius 2 is 1.83 bits per heavy atom. The predicted octanol–water partition coefficient (Wildman–Crippen LogP) is 2.44. The molecule has 0 saturated carbocycles. The fourth-order valence-electron chi connectivity index (χ4n) is 2.07. The third-order valence-corrected chi connectivity index (χ3v) is 4.24. The summed E-state index contributed by atoms with van der Waals surface area (Å²) in [5.41, 5.74) is 1.93. The molecule has 0 fully saturated rings. The zero-order valence-corrected chi connectivity index (χ0v) is 14.9. The van der Waals surface area contributed by atoms with Crippen molar-refractivity contribution < 1.29 is 19.0 Å². The van der Waals surface area contributed by atoms with E-state index in [2.05, 4.69) is 31.4 Å². The number of H-pyrrole nitrogens is 1. The van der Waals surface area contributed by atoms with Gasteiger partial charge in [-0.25, -0.2) is 0 Å². The van der Waals surface area contributed by atoms with Crippen LogP contribution in [0.15, 0.2) is 16.6 Å². The molecule has 124 valence electrons. The number of ether oxygens (including phenoxy) is 3. The Labute approximate surface area is 142 Å². The third kappa shape index (κ3) is 3.58. The van der Waals surface area contributed by atoms with Gasteiger partial charge in [-0.15, -0.1) is 0 Å². The molecule has 0 saturated heterocycles. The van der Waals surface area contributed by atoms with Crippen molar-refractivity contribution in [3.05, 3.63) is 33.6 Å². The largest absolute Gasteiger partial charge is 0.493 e. The summed E-state index contributed by atoms with van der Waals surface area (Å²) in [4.78, 5) is 12.2. The molecule has 8 heteroatoms. The molecule has 23 heavy (non-hydrogen) atoms. The van der Waals surface area contributed by atoms with Crippen LogP contribution < -0.4 is 19.5 Å². The highest BCUT2D eigenvalue weighted by atomic mass is 79.9. The average Bonchev–Trinajstić information content (AvgIpc) is 2.90. The lowest BCUT2D eigenvalue weighted by Crippen LogP contribution is -2.23. The molecule has 1 aromatic heterocycles. The number of hydrogen-bond donors (Lipinski definition) is 2. The minimum Gasteiger partial charge on any atom is -0.493 e. The number of aromatic nitrogens is 2. The maximum absolute atomic E-state index is 12.2. The molecule has 2 aromatic rings. The van der Waals surface area contributed by atoms with Crippen molar-refractivity contribution in [1.82, 2.24) is 15.5 Å². The molecular weight excluding hydrogens is 366 g/mol. The first-order chi connectivity index (χ1) is 11.0. The molecule has 0 radical (unpaired) electrons. The topological polar surface area (TPSA) is 85.5 Å². The predicted molar refractivity (Wildman–Crippen MR) is 88.3 cm³/mol. The standard InChI is InChI=1S/C15H18BrN3O4/c1-8-12(16)13(19-18-8)15(20)17-7-9-5-10(21-2)14(23-4)11(6-9)22-3/h5-6H,7H2,1-4H3,(H,17,20)(H,18,19). The Morgan fingerprint density at radius 3 is 2.26 bits per heavy atom. The summed E-state index contributed by atoms with van der Waals surface area (Å²) in [6.45, 7) is 2.13. The number of nitrogens with zero attached hydrogens (tertiary/aromatic N) is 1. The Balaban J connectivity index is 2.17. The van der Waals surface area contributed by atoms with Crippen LogP contribution in [0.2, 0.25) is 0 Å². The summed E-state index contributed by atoms with van der Waals surface area (Å²) in [7, 11) is 4.63. The van der Waals surface area contributed by atoms with E-state index in [1.807, 2.05) is 6.92 Å². The van der Waals surface area contributed by atoms with Gasteiger partial charge in [0.05, 0.1) is 25.8 Å². The molecule has 0 spiro atoms. The van der Waals surface area contributed by atoms with Crippen molar-refractivity contribution >= 4 is 21.8 Å². The van der Waals surface area contributed by atoms with Gasteiger partial charge in [0.1, 0.15) is 0 Å². The van der Waals surface area contributed by atoms with E-state index in [9.17, 15) is 4.79 Å². The number of hydrogen-bond acceptors (Lipinski definition) is 5. The molecule has 0 aliphatic rings. The molecular formula is C15H18BrN3O4. The van der Waals surface area contributed by atoms with Crippen LogP contribution in [0.25, 0.3) is 0 Å². The van der Waals surface area contributed by atoms with E-state index in [0.29, 0.717) is 34.0 Å². The van der Waals surface area contributed by atoms with Crippen molar-refractivity contribution in [2.75, 3.05) is 21.3 Å². The van der Waals surface area contributed by atoms with E-state index in [0.717, 1.165) is 11.3 Å². The first kappa shape index (κ1) is 17.1. The zero-order valence-electron chi connectivity index (χ0n) is 13.3. The van der Waals surface area contributed by atoms with Crippen LogP contribution in [0.4, 0.5) is 0 Å². The molecule has 0 aliphatic heterocycles. The number of rotatable bonds is 6. The summed E-state index contributed by atoms with van der Waals surface area (Å²) in [6.07, 6.45) is 0. The summed E-state index contributed by atoms with van der Waals surface area (Å²) in [5, 5.41) is 9.53. The molecule has 1 aromatic carbocycles. The maximum Gasteiger partial charge on any atom is 0.273 e. The van der Waals surface area contributed by atoms with Gasteiger partial charge in [0.15, 0.2) is 17.2 Å². The minimum absolute atomic E-state index is 0.282. The lowest BCUT2D eigenvalue weighted by molar-refractivity contribution is 0.0945. The van der Waals surface area contributed by atoms with Crippen LogP contribution in [-0.4, -0.2) is 37.4 Å². The van der Waals surface area contributed by atoms with Crippen molar-refractivity contribution in [3.8, 4) is 17.2 Å². The third-order valence-electron chi connectivity index (χ3n) is 3.27. The number of halogens is 1. The average molecular weight is 384 g/mol. The van der Waals surface area contributed by atoms with Crippen molar-refractivity contribution in [3.63, 3.8) is 0 Å². The second-order valence-electron chi connectivity index (χ2n) is 4.73. The van der Waals surface area contributed by atoms with Crippen molar-refractivity contribution in [1.29, 1.82) is 0 Å². The van der Waals surface area contributed by atoms with Crippen LogP contribution in [0.3, 0.4) is 0 Å². The van der Waals surface area contributed by atoms with Crippen molar-refractivity contribution in [2.24, 2.45) is 0 Å². The van der Waals surface area contributed by atoms with E-state index in [4.69, 9.17) is 14.2 Å². The highest BCUT2D eigenvalue weighted by Crippen LogP contribution is 2.38. The maximum atomic E-state index is 12.2. The summed E-state index contributed by atoms with van der Waals surface area (Å²) < 4.78 is 16.5. The second kappa shape index (κ2) is 7.36. The molecule has 1 amide bonds. The van der Waals surface area contributed by atoms with Gasteiger partial charge in [-0.3, -0.25) is 9.89 Å². The van der Waals surface area contributed by atoms with Crippen LogP contribution in [0.5, 0.6) is 17.2 Å². The Bertz CT molecular complexity index is 690. The van der Waals surface area contributed by atoms with E-state index in [-0.39, 0.29) is 5.91 Å². The van der Waals surface area contributed by atoms with Gasteiger partial charge >= 0.3 is 0 Å². The van der Waals surface area contributed by atoms with Gasteiger partial charge in [0.2, 0.25) is 5.75 Å². The van der Waals surface area contributed by atoms with E-state index < -0.39 is 0 Å². The Kier molecular flexibility index (Phi) is 5.49. The van der Waals surface area contributed by atoms with Crippen LogP contribution in [-0.2, 0) is 6.54 Å². The van der Waals surface area contributed by atoms with E-state index >= 15 is 0 Å². The number of aryl methyl sites for hydroxylation is 1. The number of nitrogens with one attached hydrogen (secondary N) is 2. The van der Waals surface area contributed by atoms with Gasteiger partial charge in [0, 0.05) is 12.2 Å². The van der Waals surface area contributed by atoms with Crippen LogP contribution in [0.1, 0.15) is 21.7 Å². The van der Waals surface area contributed by atoms with Gasteiger partial charge < -0.3 is 19.5 Å². The van der Waals surface area contributed by atoms with Crippen LogP contribution in [0, 0.1) is 6.92 Å². The number of carbonyl (C=O) groups is 1. The molecule has 1 heterocycles. The van der Waals surface area contributed by atoms with E-state index in [1.165, 1.54) is 0 Å². The highest BCUT2D eigenvalue weighted by Gasteiger charge is 2.17. The number of aromatic amines is 1. The molecule has 2 N–H and O–H groups in total. The highest BCUT2D eigenvalue weighted by molar-refractivity contribution is 9.10. The molecule has 0 aliphatic carbocycles. The Morgan fingerprint density at radius 1 is 1.22 bits per heavy atom. The summed E-state index contributed by atoms with van der Waals surface area (Å²) in [5.74, 6) is 1.30. The lowest BCUT2D eigenvalue weighted by Gasteiger charge is -2.14. The molecule has 2 rings (SSSR count). The second-order valence-corrected chi connectivity index (χ2v) is 5.52. The number of carbonyl (C=O) groups excluding carboxylic acids is 1. The quantitative estimate of drug-likeness (QED) is 0.799. The Hall–Kier alpha value is -2.22. The lowest BCUT2D eigenvalue weighted by atomic mass is 10.1. The summed E-state index contributed by atoms with van der Waals surface area (Å²) in [6, 6.07) is 3.57. The first-order valence-corrected chi connectivity index (χ1v) is 7.58. The molecule has 0 unspecified atom stereocenters. The fourth-order valence-corrected chi connectivity index (χ4v) is 2.43. The SMILES string of the molecule is COc1cc(CNC(=O)c2n[nH]c(C)c2Br)cc(OC)c1OC. The number of methoxy groups -OCH3 is 3. The number of amides is 1. The zero-order chi connectivity index (χ0) is 17.0. The minimum atomic E-state index is -0.282. The smallest absolute Gasteiger partial charge is 0.273 e. The molecule has 0 bridgehead atoms. The molecule has 7 nitrogen and oxygen atoms in total. The van der Waals surface area contributed by atoms with Gasteiger partial charge in [-0.05, 0) is 40.5 Å². The number of benzene rings is 1. The fraction of sp³-hybridized carbons (Fsp3) is 0.333. The van der Waals surface area contributed by atoms with E-state index in [1.54, 1.807) is 33.5 Å². The van der Waals surface area contributed by atoms with Gasteiger partial charge in [-0.2, -0.15) is 5.10 Å².